The van der Waals surface area contributed by atoms with Crippen LogP contribution in [0.3, 0.4) is 0 Å². The molecule has 0 saturated heterocycles. The van der Waals surface area contributed by atoms with Gasteiger partial charge in [0.1, 0.15) is 22.7 Å². The van der Waals surface area contributed by atoms with Gasteiger partial charge in [0, 0.05) is 41.8 Å². The predicted octanol–water partition coefficient (Wildman–Crippen LogP) is 5.92. The lowest BCUT2D eigenvalue weighted by Gasteiger charge is -2.16. The second-order valence-electron chi connectivity index (χ2n) is 9.57. The maximum absolute atomic E-state index is 13.1. The molecule has 39 heavy (non-hydrogen) atoms. The third-order valence-electron chi connectivity index (χ3n) is 6.80. The molecule has 8 nitrogen and oxygen atoms in total. The van der Waals surface area contributed by atoms with Crippen molar-refractivity contribution in [1.82, 2.24) is 14.8 Å². The third-order valence-corrected chi connectivity index (χ3v) is 6.80. The standard InChI is InChI=1S/C30H24FN5O3/c1-36-18-20(17-33-36)19-2-11-25-26(16-19)32-15-12-27(25)39-24-9-7-23(8-10-24)35-29(38)30(13-14-30)28(37)34-22-5-3-21(31)4-6-22/h2-12,15-18H,13-14H2,1H3,(H,34,37)(H,35,38). The van der Waals surface area contributed by atoms with Crippen molar-refractivity contribution in [2.75, 3.05) is 10.6 Å². The number of nitrogens with one attached hydrogen (secondary N) is 2. The number of aryl methyl sites for hydroxylation is 1. The van der Waals surface area contributed by atoms with Crippen LogP contribution in [0.5, 0.6) is 11.5 Å². The molecule has 0 bridgehead atoms. The molecule has 9 heteroatoms. The number of hydrogen-bond acceptors (Lipinski definition) is 5. The molecule has 0 radical (unpaired) electrons. The van der Waals surface area contributed by atoms with E-state index >= 15 is 0 Å². The van der Waals surface area contributed by atoms with Gasteiger partial charge in [-0.25, -0.2) is 4.39 Å². The fourth-order valence-electron chi connectivity index (χ4n) is 4.41. The van der Waals surface area contributed by atoms with E-state index in [0.717, 1.165) is 22.0 Å². The Morgan fingerprint density at radius 1 is 0.897 bits per heavy atom. The lowest BCUT2D eigenvalue weighted by molar-refractivity contribution is -0.131. The topological polar surface area (TPSA) is 98.1 Å². The molecule has 1 saturated carbocycles. The molecule has 0 spiro atoms. The van der Waals surface area contributed by atoms with Crippen LogP contribution in [0.15, 0.2) is 91.4 Å². The summed E-state index contributed by atoms with van der Waals surface area (Å²) in [6.07, 6.45) is 6.36. The number of hydrogen-bond donors (Lipinski definition) is 2. The van der Waals surface area contributed by atoms with E-state index in [1.54, 1.807) is 41.2 Å². The zero-order chi connectivity index (χ0) is 27.0. The first-order valence-electron chi connectivity index (χ1n) is 12.4. The van der Waals surface area contributed by atoms with Crippen LogP contribution >= 0.6 is 0 Å². The molecule has 194 valence electrons. The lowest BCUT2D eigenvalue weighted by atomic mass is 10.0. The second kappa shape index (κ2) is 9.68. The van der Waals surface area contributed by atoms with Gasteiger partial charge in [0.2, 0.25) is 11.8 Å². The first-order chi connectivity index (χ1) is 18.9. The summed E-state index contributed by atoms with van der Waals surface area (Å²) < 4.78 is 21.0. The Morgan fingerprint density at radius 2 is 1.56 bits per heavy atom. The molecule has 3 aromatic carbocycles. The minimum atomic E-state index is -1.13. The average molecular weight is 522 g/mol. The van der Waals surface area contributed by atoms with Gasteiger partial charge >= 0.3 is 0 Å². The first-order valence-corrected chi connectivity index (χ1v) is 12.4. The van der Waals surface area contributed by atoms with Crippen LogP contribution in [-0.4, -0.2) is 26.6 Å². The van der Waals surface area contributed by atoms with E-state index in [2.05, 4.69) is 20.7 Å². The zero-order valence-corrected chi connectivity index (χ0v) is 21.0. The van der Waals surface area contributed by atoms with E-state index in [-0.39, 0.29) is 5.91 Å². The van der Waals surface area contributed by atoms with E-state index in [1.807, 2.05) is 37.6 Å². The molecule has 2 heterocycles. The first kappa shape index (κ1) is 24.3. The fraction of sp³-hybridized carbons (Fsp3) is 0.133. The number of anilines is 2. The second-order valence-corrected chi connectivity index (χ2v) is 9.57. The quantitative estimate of drug-likeness (QED) is 0.259. The molecule has 2 amide bonds. The van der Waals surface area contributed by atoms with Crippen molar-refractivity contribution in [1.29, 1.82) is 0 Å². The van der Waals surface area contributed by atoms with E-state index < -0.39 is 17.1 Å². The highest BCUT2D eigenvalue weighted by Crippen LogP contribution is 2.47. The largest absolute Gasteiger partial charge is 0.457 e. The molecular weight excluding hydrogens is 497 g/mol. The number of aromatic nitrogens is 3. The third kappa shape index (κ3) is 4.94. The fourth-order valence-corrected chi connectivity index (χ4v) is 4.41. The van der Waals surface area contributed by atoms with Gasteiger partial charge in [-0.1, -0.05) is 6.07 Å². The average Bonchev–Trinajstić information content (AvgIpc) is 3.65. The van der Waals surface area contributed by atoms with Crippen LogP contribution in [-0.2, 0) is 16.6 Å². The van der Waals surface area contributed by atoms with Gasteiger partial charge in [-0.05, 0) is 85.1 Å². The van der Waals surface area contributed by atoms with Gasteiger partial charge in [-0.15, -0.1) is 0 Å². The minimum absolute atomic E-state index is 0.375. The van der Waals surface area contributed by atoms with Crippen molar-refractivity contribution in [3.63, 3.8) is 0 Å². The molecule has 0 atom stereocenters. The Morgan fingerprint density at radius 3 is 2.18 bits per heavy atom. The monoisotopic (exact) mass is 521 g/mol. The number of ether oxygens (including phenoxy) is 1. The highest BCUT2D eigenvalue weighted by Gasteiger charge is 2.56. The predicted molar refractivity (Wildman–Crippen MR) is 146 cm³/mol. The van der Waals surface area contributed by atoms with Gasteiger partial charge in [0.25, 0.3) is 0 Å². The van der Waals surface area contributed by atoms with Gasteiger partial charge in [0.15, 0.2) is 0 Å². The number of nitrogens with zero attached hydrogens (tertiary/aromatic N) is 3. The summed E-state index contributed by atoms with van der Waals surface area (Å²) in [5.41, 5.74) is 2.68. The van der Waals surface area contributed by atoms with E-state index in [1.165, 1.54) is 24.3 Å². The zero-order valence-electron chi connectivity index (χ0n) is 21.0. The molecule has 5 aromatic rings. The number of halogens is 1. The summed E-state index contributed by atoms with van der Waals surface area (Å²) in [4.78, 5) is 30.2. The molecule has 1 aliphatic carbocycles. The SMILES string of the molecule is Cn1cc(-c2ccc3c(Oc4ccc(NC(=O)C5(C(=O)Nc6ccc(F)cc6)CC5)cc4)ccnc3c2)cn1. The summed E-state index contributed by atoms with van der Waals surface area (Å²) >= 11 is 0. The van der Waals surface area contributed by atoms with Crippen LogP contribution in [0, 0.1) is 11.2 Å². The molecule has 0 unspecified atom stereocenters. The molecule has 6 rings (SSSR count). The maximum atomic E-state index is 13.1. The number of rotatable bonds is 7. The summed E-state index contributed by atoms with van der Waals surface area (Å²) in [7, 11) is 1.88. The van der Waals surface area contributed by atoms with Crippen molar-refractivity contribution in [2.24, 2.45) is 12.5 Å². The molecule has 1 aliphatic rings. The van der Waals surface area contributed by atoms with Crippen LogP contribution < -0.4 is 15.4 Å². The molecule has 2 N–H and O–H groups in total. The number of benzene rings is 3. The number of amides is 2. The Labute approximate surface area is 223 Å². The molecular formula is C30H24FN5O3. The van der Waals surface area contributed by atoms with Gasteiger partial charge in [-0.2, -0.15) is 5.10 Å². The molecule has 2 aromatic heterocycles. The van der Waals surface area contributed by atoms with Gasteiger partial charge in [-0.3, -0.25) is 19.3 Å². The Bertz CT molecular complexity index is 1690. The van der Waals surface area contributed by atoms with E-state index in [4.69, 9.17) is 4.74 Å². The Kier molecular flexibility index (Phi) is 6.03. The van der Waals surface area contributed by atoms with Crippen LogP contribution in [0.2, 0.25) is 0 Å². The van der Waals surface area contributed by atoms with Crippen LogP contribution in [0.1, 0.15) is 12.8 Å². The van der Waals surface area contributed by atoms with E-state index in [0.29, 0.717) is 35.7 Å². The highest BCUT2D eigenvalue weighted by atomic mass is 19.1. The number of carbonyl (C=O) groups is 2. The van der Waals surface area contributed by atoms with Crippen molar-refractivity contribution < 1.29 is 18.7 Å². The van der Waals surface area contributed by atoms with Crippen molar-refractivity contribution >= 4 is 34.1 Å². The number of fused-ring (bicyclic) bond motifs is 1. The minimum Gasteiger partial charge on any atom is -0.457 e. The lowest BCUT2D eigenvalue weighted by Crippen LogP contribution is -2.35. The van der Waals surface area contributed by atoms with Crippen LogP contribution in [0.4, 0.5) is 15.8 Å². The van der Waals surface area contributed by atoms with Gasteiger partial charge < -0.3 is 15.4 Å². The summed E-state index contributed by atoms with van der Waals surface area (Å²) in [6, 6.07) is 20.2. The normalized spacial score (nSPS) is 13.6. The maximum Gasteiger partial charge on any atom is 0.240 e. The molecule has 1 fully saturated rings. The highest BCUT2D eigenvalue weighted by molar-refractivity contribution is 6.16. The molecule has 0 aliphatic heterocycles. The smallest absolute Gasteiger partial charge is 0.240 e. The summed E-state index contributed by atoms with van der Waals surface area (Å²) in [6.45, 7) is 0. The number of pyridine rings is 1. The van der Waals surface area contributed by atoms with E-state index in [9.17, 15) is 14.0 Å². The van der Waals surface area contributed by atoms with Crippen molar-refractivity contribution in [3.05, 3.63) is 97.2 Å². The van der Waals surface area contributed by atoms with Crippen molar-refractivity contribution in [3.8, 4) is 22.6 Å². The number of carbonyl (C=O) groups excluding carboxylic acids is 2. The summed E-state index contributed by atoms with van der Waals surface area (Å²) in [5.74, 6) is 0.0745. The Hall–Kier alpha value is -5.05. The van der Waals surface area contributed by atoms with Crippen LogP contribution in [0.25, 0.3) is 22.0 Å². The summed E-state index contributed by atoms with van der Waals surface area (Å²) in [5, 5.41) is 10.6. The Balaban J connectivity index is 1.13. The van der Waals surface area contributed by atoms with Gasteiger partial charge in [0.05, 0.1) is 11.7 Å². The van der Waals surface area contributed by atoms with Crippen molar-refractivity contribution in [2.45, 2.75) is 12.8 Å².